The summed E-state index contributed by atoms with van der Waals surface area (Å²) in [6.07, 6.45) is 4.45. The highest BCUT2D eigenvalue weighted by Crippen LogP contribution is 2.30. The highest BCUT2D eigenvalue weighted by atomic mass is 79.9. The zero-order valence-electron chi connectivity index (χ0n) is 13.2. The molecule has 0 fully saturated rings. The van der Waals surface area contributed by atoms with Crippen molar-refractivity contribution in [3.63, 3.8) is 0 Å². The number of nitrogens with one attached hydrogen (secondary N) is 1. The Kier molecular flexibility index (Phi) is 3.56. The molecule has 0 atom stereocenters. The quantitative estimate of drug-likeness (QED) is 0.735. The van der Waals surface area contributed by atoms with Gasteiger partial charge < -0.3 is 5.32 Å². The van der Waals surface area contributed by atoms with E-state index in [0.29, 0.717) is 5.78 Å². The van der Waals surface area contributed by atoms with Gasteiger partial charge in [-0.1, -0.05) is 15.9 Å². The van der Waals surface area contributed by atoms with E-state index in [-0.39, 0.29) is 0 Å². The normalized spacial score (nSPS) is 14.0. The number of aryl methyl sites for hydroxylation is 3. The lowest BCUT2D eigenvalue weighted by Gasteiger charge is -2.20. The summed E-state index contributed by atoms with van der Waals surface area (Å²) in [4.78, 5) is 9.16. The lowest BCUT2D eigenvalue weighted by molar-refractivity contribution is 0.662. The first kappa shape index (κ1) is 14.6. The molecule has 1 aliphatic carbocycles. The highest BCUT2D eigenvalue weighted by molar-refractivity contribution is 9.10. The van der Waals surface area contributed by atoms with E-state index in [1.165, 1.54) is 24.0 Å². The van der Waals surface area contributed by atoms with Crippen molar-refractivity contribution in [2.75, 3.05) is 5.32 Å². The molecule has 0 amide bonds. The Hall–Kier alpha value is -1.95. The van der Waals surface area contributed by atoms with E-state index in [2.05, 4.69) is 56.5 Å². The Morgan fingerprint density at radius 1 is 1.13 bits per heavy atom. The molecule has 0 saturated heterocycles. The third-order valence-corrected chi connectivity index (χ3v) is 5.18. The van der Waals surface area contributed by atoms with Crippen molar-refractivity contribution in [3.8, 4) is 0 Å². The second-order valence-electron chi connectivity index (χ2n) is 6.05. The Morgan fingerprint density at radius 3 is 2.78 bits per heavy atom. The maximum atomic E-state index is 4.71. The van der Waals surface area contributed by atoms with E-state index < -0.39 is 0 Å². The van der Waals surface area contributed by atoms with Crippen LogP contribution in [0.1, 0.15) is 35.5 Å². The number of aromatic nitrogens is 4. The van der Waals surface area contributed by atoms with E-state index in [9.17, 15) is 0 Å². The van der Waals surface area contributed by atoms with Gasteiger partial charge in [0.1, 0.15) is 11.6 Å². The average molecular weight is 372 g/mol. The summed E-state index contributed by atoms with van der Waals surface area (Å²) in [5.74, 6) is 2.43. The lowest BCUT2D eigenvalue weighted by Crippen LogP contribution is -2.13. The zero-order valence-corrected chi connectivity index (χ0v) is 14.8. The van der Waals surface area contributed by atoms with Crippen LogP contribution >= 0.6 is 15.9 Å². The summed E-state index contributed by atoms with van der Waals surface area (Å²) < 4.78 is 2.96. The third-order valence-electron chi connectivity index (χ3n) is 4.29. The summed E-state index contributed by atoms with van der Waals surface area (Å²) in [6.45, 7) is 3.99. The van der Waals surface area contributed by atoms with Gasteiger partial charge in [0.15, 0.2) is 0 Å². The second kappa shape index (κ2) is 5.60. The van der Waals surface area contributed by atoms with Crippen LogP contribution in [0.3, 0.4) is 0 Å². The maximum Gasteiger partial charge on any atom is 0.254 e. The van der Waals surface area contributed by atoms with Gasteiger partial charge in [0, 0.05) is 15.7 Å². The highest BCUT2D eigenvalue weighted by Gasteiger charge is 2.20. The monoisotopic (exact) mass is 371 g/mol. The van der Waals surface area contributed by atoms with Crippen LogP contribution in [0.25, 0.3) is 5.78 Å². The minimum absolute atomic E-state index is 0.680. The minimum atomic E-state index is 0.680. The van der Waals surface area contributed by atoms with E-state index in [1.807, 2.05) is 11.4 Å². The first-order valence-electron chi connectivity index (χ1n) is 7.90. The molecule has 0 aliphatic heterocycles. The van der Waals surface area contributed by atoms with Crippen LogP contribution in [0.2, 0.25) is 0 Å². The molecule has 4 rings (SSSR count). The average Bonchev–Trinajstić information content (AvgIpc) is 2.91. The smallest absolute Gasteiger partial charge is 0.254 e. The van der Waals surface area contributed by atoms with Gasteiger partial charge in [0.25, 0.3) is 5.78 Å². The Morgan fingerprint density at radius 2 is 1.96 bits per heavy atom. The van der Waals surface area contributed by atoms with Crippen LogP contribution in [0.4, 0.5) is 11.5 Å². The largest absolute Gasteiger partial charge is 0.340 e. The number of anilines is 2. The molecule has 1 aromatic carbocycles. The Balaban J connectivity index is 1.88. The van der Waals surface area contributed by atoms with Crippen LogP contribution in [0.15, 0.2) is 22.7 Å². The van der Waals surface area contributed by atoms with Crippen molar-refractivity contribution >= 4 is 33.2 Å². The van der Waals surface area contributed by atoms with E-state index in [4.69, 9.17) is 4.98 Å². The van der Waals surface area contributed by atoms with Crippen molar-refractivity contribution in [2.24, 2.45) is 0 Å². The maximum absolute atomic E-state index is 4.71. The van der Waals surface area contributed by atoms with Crippen LogP contribution in [0.5, 0.6) is 0 Å². The van der Waals surface area contributed by atoms with Crippen molar-refractivity contribution in [2.45, 2.75) is 39.5 Å². The molecule has 5 nitrogen and oxygen atoms in total. The lowest BCUT2D eigenvalue weighted by atomic mass is 9.96. The first-order chi connectivity index (χ1) is 11.1. The molecular weight excluding hydrogens is 354 g/mol. The van der Waals surface area contributed by atoms with Crippen LogP contribution in [-0.4, -0.2) is 19.6 Å². The first-order valence-corrected chi connectivity index (χ1v) is 8.69. The van der Waals surface area contributed by atoms with Gasteiger partial charge in [0.05, 0.1) is 5.69 Å². The molecule has 0 spiro atoms. The molecule has 23 heavy (non-hydrogen) atoms. The molecule has 0 bridgehead atoms. The van der Waals surface area contributed by atoms with Crippen molar-refractivity contribution in [1.82, 2.24) is 19.6 Å². The summed E-state index contributed by atoms with van der Waals surface area (Å²) >= 11 is 3.55. The van der Waals surface area contributed by atoms with E-state index in [0.717, 1.165) is 40.3 Å². The topological polar surface area (TPSA) is 55.1 Å². The van der Waals surface area contributed by atoms with Gasteiger partial charge in [-0.05, 0) is 63.3 Å². The van der Waals surface area contributed by atoms with Gasteiger partial charge in [-0.2, -0.15) is 9.50 Å². The van der Waals surface area contributed by atoms with Crippen LogP contribution in [0, 0.1) is 13.8 Å². The molecule has 6 heteroatoms. The number of halogens is 1. The number of hydrogen-bond donors (Lipinski definition) is 1. The van der Waals surface area contributed by atoms with Gasteiger partial charge in [-0.3, -0.25) is 0 Å². The van der Waals surface area contributed by atoms with Crippen LogP contribution < -0.4 is 5.32 Å². The summed E-state index contributed by atoms with van der Waals surface area (Å²) in [6, 6.07) is 6.27. The third kappa shape index (κ3) is 2.61. The number of hydrogen-bond acceptors (Lipinski definition) is 4. The molecule has 1 N–H and O–H groups in total. The van der Waals surface area contributed by atoms with Gasteiger partial charge >= 0.3 is 0 Å². The van der Waals surface area contributed by atoms with Gasteiger partial charge in [-0.25, -0.2) is 4.98 Å². The number of fused-ring (bicyclic) bond motifs is 2. The Bertz CT molecular complexity index is 900. The van der Waals surface area contributed by atoms with E-state index >= 15 is 0 Å². The molecule has 0 radical (unpaired) electrons. The molecule has 0 unspecified atom stereocenters. The fourth-order valence-electron chi connectivity index (χ4n) is 3.13. The molecule has 118 valence electrons. The molecule has 2 heterocycles. The fraction of sp³-hybridized carbons (Fsp3) is 0.353. The summed E-state index contributed by atoms with van der Waals surface area (Å²) in [7, 11) is 0. The summed E-state index contributed by atoms with van der Waals surface area (Å²) in [5, 5.41) is 8.08. The molecule has 2 aromatic heterocycles. The molecule has 0 saturated carbocycles. The molecule has 3 aromatic rings. The Labute approximate surface area is 143 Å². The number of nitrogens with zero attached hydrogens (tertiary/aromatic N) is 4. The minimum Gasteiger partial charge on any atom is -0.340 e. The molecular formula is C17H18BrN5. The molecule has 1 aliphatic rings. The fourth-order valence-corrected chi connectivity index (χ4v) is 3.38. The zero-order chi connectivity index (χ0) is 16.0. The van der Waals surface area contributed by atoms with Crippen molar-refractivity contribution in [3.05, 3.63) is 45.3 Å². The van der Waals surface area contributed by atoms with Crippen molar-refractivity contribution in [1.29, 1.82) is 0 Å². The van der Waals surface area contributed by atoms with Crippen LogP contribution in [-0.2, 0) is 12.8 Å². The predicted molar refractivity (Wildman–Crippen MR) is 94.3 cm³/mol. The second-order valence-corrected chi connectivity index (χ2v) is 6.91. The summed E-state index contributed by atoms with van der Waals surface area (Å²) in [5.41, 5.74) is 4.68. The van der Waals surface area contributed by atoms with Crippen molar-refractivity contribution < 1.29 is 0 Å². The number of rotatable bonds is 2. The predicted octanol–water partition coefficient (Wildman–Crippen LogP) is 4.13. The van der Waals surface area contributed by atoms with Gasteiger partial charge in [0.2, 0.25) is 0 Å². The van der Waals surface area contributed by atoms with Gasteiger partial charge in [-0.15, -0.1) is 5.10 Å². The number of benzene rings is 1. The SMILES string of the molecule is Cc1nc2nc3c(c(Nc4ccc(Br)c(C)c4)n2n1)CCCC3. The standard InChI is InChI=1S/C17H18BrN5/c1-10-9-12(7-8-14(10)18)20-16-13-5-3-4-6-15(13)21-17-19-11(2)22-23(16)17/h7-9,20H,3-6H2,1-2H3. The van der Waals surface area contributed by atoms with E-state index in [1.54, 1.807) is 0 Å².